The molecule has 1 N–H and O–H groups in total. The van der Waals surface area contributed by atoms with E-state index in [4.69, 9.17) is 9.47 Å². The lowest BCUT2D eigenvalue weighted by Gasteiger charge is -2.51. The Kier molecular flexibility index (Phi) is 8.68. The Hall–Kier alpha value is -4.90. The SMILES string of the molecule is CC(C)(C)OC(=O)N[C@@H]1C(=O)N2[C@@H](C(=O)OC(c3ccccc3)c3ccccc3)C(/C=C3\CCN(c4cccnc4)C3=O)=CS[C@H]12. The number of hydrogen-bond donors (Lipinski definition) is 1. The normalized spacial score (nSPS) is 21.9. The van der Waals surface area contributed by atoms with E-state index in [9.17, 15) is 19.2 Å². The van der Waals surface area contributed by atoms with Crippen LogP contribution in [-0.2, 0) is 23.9 Å². The summed E-state index contributed by atoms with van der Waals surface area (Å²) in [6.45, 7) is 5.67. The number of pyridine rings is 1. The van der Waals surface area contributed by atoms with E-state index < -0.39 is 47.1 Å². The zero-order chi connectivity index (χ0) is 32.4. The summed E-state index contributed by atoms with van der Waals surface area (Å²) in [4.78, 5) is 61.1. The second-order valence-electron chi connectivity index (χ2n) is 12.1. The van der Waals surface area contributed by atoms with E-state index >= 15 is 0 Å². The van der Waals surface area contributed by atoms with Gasteiger partial charge in [0.2, 0.25) is 5.91 Å². The zero-order valence-electron chi connectivity index (χ0n) is 25.7. The number of rotatable bonds is 7. The summed E-state index contributed by atoms with van der Waals surface area (Å²) in [6.07, 6.45) is 3.96. The number of ether oxygens (including phenoxy) is 2. The molecule has 3 amide bonds. The minimum atomic E-state index is -1.14. The zero-order valence-corrected chi connectivity index (χ0v) is 26.5. The Morgan fingerprint density at radius 2 is 1.67 bits per heavy atom. The number of benzene rings is 2. The van der Waals surface area contributed by atoms with Crippen molar-refractivity contribution in [1.29, 1.82) is 0 Å². The van der Waals surface area contributed by atoms with Crippen LogP contribution in [0.25, 0.3) is 0 Å². The molecule has 3 aromatic rings. The highest BCUT2D eigenvalue weighted by atomic mass is 32.2. The summed E-state index contributed by atoms with van der Waals surface area (Å²) in [6, 6.07) is 20.3. The monoisotopic (exact) mass is 638 g/mol. The minimum absolute atomic E-state index is 0.195. The highest BCUT2D eigenvalue weighted by Crippen LogP contribution is 2.42. The van der Waals surface area contributed by atoms with Gasteiger partial charge in [-0.1, -0.05) is 60.7 Å². The van der Waals surface area contributed by atoms with Crippen LogP contribution in [0.2, 0.25) is 0 Å². The lowest BCUT2D eigenvalue weighted by atomic mass is 9.95. The van der Waals surface area contributed by atoms with E-state index in [-0.39, 0.29) is 5.91 Å². The Bertz CT molecular complexity index is 1650. The molecule has 10 nitrogen and oxygen atoms in total. The van der Waals surface area contributed by atoms with Gasteiger partial charge in [0.05, 0.1) is 11.9 Å². The number of nitrogens with zero attached hydrogens (tertiary/aromatic N) is 3. The first-order valence-corrected chi connectivity index (χ1v) is 15.9. The van der Waals surface area contributed by atoms with Crippen LogP contribution in [0.4, 0.5) is 10.5 Å². The standard InChI is InChI=1S/C35H34N4O6S/c1-35(2,3)45-34(43)37-27-31(41)39-28(33(42)44-29(22-11-6-4-7-12-22)23-13-8-5-9-14-23)25(21-46-32(27)39)19-24-16-18-38(30(24)40)26-15-10-17-36-20-26/h4-15,17,19-21,27-29,32H,16,18H2,1-3H3,(H,37,43)/b24-19+/t27-,28-,32-/m1/s1. The maximum atomic E-state index is 14.2. The van der Waals surface area contributed by atoms with Crippen molar-refractivity contribution in [3.63, 3.8) is 0 Å². The van der Waals surface area contributed by atoms with Crippen LogP contribution in [0.1, 0.15) is 44.4 Å². The topological polar surface area (TPSA) is 118 Å². The lowest BCUT2D eigenvalue weighted by Crippen LogP contribution is -2.74. The quantitative estimate of drug-likeness (QED) is 0.215. The summed E-state index contributed by atoms with van der Waals surface area (Å²) in [5, 5.41) is 3.86. The number of amides is 3. The summed E-state index contributed by atoms with van der Waals surface area (Å²) in [7, 11) is 0. The van der Waals surface area contributed by atoms with E-state index in [1.165, 1.54) is 16.7 Å². The number of carbonyl (C=O) groups excluding carboxylic acids is 4. The van der Waals surface area contributed by atoms with Crippen molar-refractivity contribution in [2.24, 2.45) is 0 Å². The fourth-order valence-corrected chi connectivity index (χ4v) is 6.87. The van der Waals surface area contributed by atoms with Gasteiger partial charge in [-0.05, 0) is 67.5 Å². The molecular weight excluding hydrogens is 604 g/mol. The molecule has 0 spiro atoms. The van der Waals surface area contributed by atoms with Crippen molar-refractivity contribution in [3.05, 3.63) is 119 Å². The highest BCUT2D eigenvalue weighted by molar-refractivity contribution is 8.03. The molecule has 3 aliphatic rings. The molecule has 0 aliphatic carbocycles. The number of alkyl carbamates (subject to hydrolysis) is 1. The van der Waals surface area contributed by atoms with Crippen LogP contribution in [0.5, 0.6) is 0 Å². The summed E-state index contributed by atoms with van der Waals surface area (Å²) < 4.78 is 11.6. The molecule has 2 fully saturated rings. The van der Waals surface area contributed by atoms with Crippen LogP contribution in [0.15, 0.2) is 108 Å². The molecule has 6 rings (SSSR count). The Balaban J connectivity index is 1.31. The maximum absolute atomic E-state index is 14.2. The van der Waals surface area contributed by atoms with Gasteiger partial charge >= 0.3 is 12.1 Å². The average Bonchev–Trinajstić information content (AvgIpc) is 3.41. The predicted molar refractivity (Wildman–Crippen MR) is 173 cm³/mol. The molecule has 3 atom stereocenters. The number of thioether (sulfide) groups is 1. The van der Waals surface area contributed by atoms with Crippen LogP contribution < -0.4 is 10.2 Å². The molecule has 11 heteroatoms. The van der Waals surface area contributed by atoms with Gasteiger partial charge in [-0.3, -0.25) is 14.6 Å². The number of esters is 1. The molecule has 3 aliphatic heterocycles. The molecule has 0 radical (unpaired) electrons. The fraction of sp³-hybridized carbons (Fsp3) is 0.286. The Labute approximate surface area is 271 Å². The van der Waals surface area contributed by atoms with Crippen LogP contribution in [0, 0.1) is 0 Å². The number of β-lactam (4-membered cyclic amide) rings is 1. The number of hydrogen-bond acceptors (Lipinski definition) is 8. The lowest BCUT2D eigenvalue weighted by molar-refractivity contribution is -0.164. The molecule has 2 saturated heterocycles. The third kappa shape index (κ3) is 6.41. The van der Waals surface area contributed by atoms with E-state index in [2.05, 4.69) is 10.3 Å². The second-order valence-corrected chi connectivity index (χ2v) is 13.1. The smallest absolute Gasteiger partial charge is 0.408 e. The number of anilines is 1. The molecule has 0 saturated carbocycles. The van der Waals surface area contributed by atoms with Crippen molar-refractivity contribution in [2.45, 2.75) is 56.4 Å². The number of nitrogens with one attached hydrogen (secondary N) is 1. The van der Waals surface area contributed by atoms with Crippen molar-refractivity contribution < 1.29 is 28.7 Å². The molecule has 4 heterocycles. The molecular formula is C35H34N4O6S. The molecule has 0 unspecified atom stereocenters. The van der Waals surface area contributed by atoms with Crippen molar-refractivity contribution >= 4 is 41.3 Å². The first-order chi connectivity index (χ1) is 22.1. The number of carbonyl (C=O) groups is 4. The van der Waals surface area contributed by atoms with Gasteiger partial charge in [0.15, 0.2) is 12.1 Å². The average molecular weight is 639 g/mol. The van der Waals surface area contributed by atoms with Crippen molar-refractivity contribution in [2.75, 3.05) is 11.4 Å². The van der Waals surface area contributed by atoms with Crippen LogP contribution in [0.3, 0.4) is 0 Å². The summed E-state index contributed by atoms with van der Waals surface area (Å²) in [5.41, 5.74) is 2.44. The fourth-order valence-electron chi connectivity index (χ4n) is 5.68. The Morgan fingerprint density at radius 1 is 1.00 bits per heavy atom. The Morgan fingerprint density at radius 3 is 2.28 bits per heavy atom. The van der Waals surface area contributed by atoms with E-state index in [0.29, 0.717) is 29.8 Å². The van der Waals surface area contributed by atoms with Gasteiger partial charge in [0.1, 0.15) is 17.0 Å². The van der Waals surface area contributed by atoms with Gasteiger partial charge in [-0.15, -0.1) is 11.8 Å². The van der Waals surface area contributed by atoms with Gasteiger partial charge < -0.3 is 24.6 Å². The van der Waals surface area contributed by atoms with Gasteiger partial charge in [0, 0.05) is 18.3 Å². The maximum Gasteiger partial charge on any atom is 0.408 e. The van der Waals surface area contributed by atoms with Crippen molar-refractivity contribution in [3.8, 4) is 0 Å². The predicted octanol–water partition coefficient (Wildman–Crippen LogP) is 5.14. The molecule has 1 aromatic heterocycles. The van der Waals surface area contributed by atoms with Crippen LogP contribution in [-0.4, -0.2) is 63.4 Å². The molecule has 46 heavy (non-hydrogen) atoms. The summed E-state index contributed by atoms with van der Waals surface area (Å²) in [5.74, 6) is -1.29. The molecule has 0 bridgehead atoms. The number of aromatic nitrogens is 1. The molecule has 2 aromatic carbocycles. The van der Waals surface area contributed by atoms with Gasteiger partial charge in [0.25, 0.3) is 5.91 Å². The minimum Gasteiger partial charge on any atom is -0.451 e. The van der Waals surface area contributed by atoms with Gasteiger partial charge in [-0.2, -0.15) is 0 Å². The third-order valence-electron chi connectivity index (χ3n) is 7.77. The van der Waals surface area contributed by atoms with Gasteiger partial charge in [-0.25, -0.2) is 9.59 Å². The van der Waals surface area contributed by atoms with E-state index in [1.54, 1.807) is 55.6 Å². The van der Waals surface area contributed by atoms with Crippen molar-refractivity contribution in [1.82, 2.24) is 15.2 Å². The first-order valence-electron chi connectivity index (χ1n) is 15.0. The van der Waals surface area contributed by atoms with E-state index in [0.717, 1.165) is 11.1 Å². The summed E-state index contributed by atoms with van der Waals surface area (Å²) >= 11 is 1.29. The highest BCUT2D eigenvalue weighted by Gasteiger charge is 2.56. The second kappa shape index (κ2) is 12.8. The first kappa shape index (κ1) is 31.1. The third-order valence-corrected chi connectivity index (χ3v) is 8.96. The van der Waals surface area contributed by atoms with Crippen LogP contribution >= 0.6 is 11.8 Å². The van der Waals surface area contributed by atoms with E-state index in [1.807, 2.05) is 66.7 Å². The largest absolute Gasteiger partial charge is 0.451 e. The molecule has 236 valence electrons. The number of fused-ring (bicyclic) bond motifs is 1.